The minimum Gasteiger partial charge on any atom is -0.508 e. The Morgan fingerprint density at radius 1 is 0.713 bits per heavy atom. The van der Waals surface area contributed by atoms with Crippen molar-refractivity contribution >= 4 is 63.9 Å². The van der Waals surface area contributed by atoms with E-state index in [2.05, 4.69) is 20.9 Å². The number of phenols is 1. The molecule has 2 atom stereocenters. The van der Waals surface area contributed by atoms with Crippen LogP contribution in [0.15, 0.2) is 71.7 Å². The van der Waals surface area contributed by atoms with Gasteiger partial charge in [0.2, 0.25) is 17.4 Å². The molecule has 31 nitrogen and oxygen atoms in total. The number of nitrogens with two attached hydrogens (primary N) is 1. The summed E-state index contributed by atoms with van der Waals surface area (Å²) in [6.07, 6.45) is 10.9. The minimum atomic E-state index is -1.91. The first kappa shape index (κ1) is 84.9. The van der Waals surface area contributed by atoms with Crippen molar-refractivity contribution in [2.45, 2.75) is 143 Å². The van der Waals surface area contributed by atoms with Crippen molar-refractivity contribution in [1.29, 1.82) is 0 Å². The molecule has 6 heterocycles. The van der Waals surface area contributed by atoms with Crippen molar-refractivity contribution in [3.8, 4) is 17.1 Å². The van der Waals surface area contributed by atoms with E-state index in [-0.39, 0.29) is 115 Å². The first-order valence-corrected chi connectivity index (χ1v) is 37.4. The monoisotopic (exact) mass is 1510 g/mol. The van der Waals surface area contributed by atoms with Crippen LogP contribution in [-0.4, -0.2) is 214 Å². The van der Waals surface area contributed by atoms with Gasteiger partial charge in [-0.2, -0.15) is 0 Å². The van der Waals surface area contributed by atoms with Crippen LogP contribution in [0.2, 0.25) is 0 Å². The number of cyclic esters (lactones) is 1. The van der Waals surface area contributed by atoms with E-state index in [1.165, 1.54) is 17.1 Å². The summed E-state index contributed by atoms with van der Waals surface area (Å²) in [4.78, 5) is 118. The predicted molar refractivity (Wildman–Crippen MR) is 392 cm³/mol. The Hall–Kier alpha value is -8.76. The molecule has 0 bridgehead atoms. The van der Waals surface area contributed by atoms with Crippen LogP contribution in [0.1, 0.15) is 132 Å². The number of unbranched alkanes of at least 4 members (excludes halogenated alkanes) is 1. The Morgan fingerprint density at radius 3 is 1.93 bits per heavy atom. The Bertz CT molecular complexity index is 3840. The Kier molecular flexibility index (Phi) is 35.6. The molecular formula is C77H105N9O22. The predicted octanol–water partition coefficient (Wildman–Crippen LogP) is 6.52. The molecule has 1 fully saturated rings. The van der Waals surface area contributed by atoms with E-state index in [0.717, 1.165) is 61.5 Å². The summed E-state index contributed by atoms with van der Waals surface area (Å²) < 4.78 is 69.0. The second kappa shape index (κ2) is 45.3. The topological polar surface area (TPSA) is 386 Å². The highest BCUT2D eigenvalue weighted by Crippen LogP contribution is 2.43. The van der Waals surface area contributed by atoms with Crippen LogP contribution in [0.4, 0.5) is 10.5 Å². The SMILES string of the molecule is CCC(=O)COCC(=O)CCCOCCOCCOCCOCCOCCOCCOCCOCCn1cc(CNC(=O)C2CCC(CN3C(=O)C=CC3=O)CC2)nn1.CCc1c2c(nc3ccc(O)cc13)-c1cc3c(c(=O)n1C2)COC(=O)[C@@]3(CC)OC(=O)OCc1ccc(NC(=O)C(C)CCCCN)cc1. The number of ether oxygens (including phenoxy) is 12. The molecule has 5 aromatic rings. The average molecular weight is 1510 g/mol. The third kappa shape index (κ3) is 26.0. The fraction of sp³-hybridized carbons (Fsp3) is 0.584. The zero-order chi connectivity index (χ0) is 77.1. The molecule has 590 valence electrons. The number of phenolic OH excluding ortho intramolecular Hbond substituents is 1. The molecule has 31 heteroatoms. The quantitative estimate of drug-likeness (QED) is 0.0179. The molecular weight excluding hydrogens is 1400 g/mol. The highest BCUT2D eigenvalue weighted by Gasteiger charge is 2.51. The number of anilines is 1. The molecule has 3 aliphatic heterocycles. The number of hydrogen-bond donors (Lipinski definition) is 4. The van der Waals surface area contributed by atoms with E-state index < -0.39 is 17.7 Å². The number of nitrogens with one attached hydrogen (secondary N) is 2. The fourth-order valence-corrected chi connectivity index (χ4v) is 12.7. The standard InChI is InChI=1S/C40H65N5O14.C37H40N4O8/c1-2-36(46)31-59-32-37(47)4-3-12-51-14-16-53-18-20-55-22-24-57-26-27-58-25-23-56-21-19-54-17-15-52-13-11-44-30-35(42-43-44)28-41-40(50)34-7-5-33(6-8-34)29-45-38(48)9-10-39(45)49;1-4-25-26-16-24(42)13-14-30(26)40-32-27(25)18-41-31(32)17-29-28(34(41)44)20-47-35(45)37(29,5-2)49-36(46)48-19-22-9-11-23(12-10-22)39-33(43)21(3)8-6-7-15-38/h9-10,30,33-34H,2-8,11-29,31-32H2,1H3,(H,41,50);9-14,16-17,21,42H,4-8,15,18-20,38H2,1-3H3,(H,39,43)/t;21?,37-/m.0/s1. The number of fused-ring (bicyclic) bond motifs is 5. The van der Waals surface area contributed by atoms with Crippen LogP contribution in [-0.2, 0) is 135 Å². The molecule has 0 radical (unpaired) electrons. The van der Waals surface area contributed by atoms with Crippen LogP contribution >= 0.6 is 0 Å². The van der Waals surface area contributed by atoms with Gasteiger partial charge in [0, 0.05) is 72.2 Å². The van der Waals surface area contributed by atoms with E-state index >= 15 is 0 Å². The summed E-state index contributed by atoms with van der Waals surface area (Å²) in [5, 5.41) is 25.0. The Labute approximate surface area is 628 Å². The van der Waals surface area contributed by atoms with Crippen LogP contribution in [0.3, 0.4) is 0 Å². The van der Waals surface area contributed by atoms with E-state index in [0.29, 0.717) is 191 Å². The lowest BCUT2D eigenvalue weighted by Gasteiger charge is -2.35. The highest BCUT2D eigenvalue weighted by molar-refractivity contribution is 6.12. The first-order chi connectivity index (χ1) is 52.4. The van der Waals surface area contributed by atoms with Crippen molar-refractivity contribution < 1.29 is 100 Å². The van der Waals surface area contributed by atoms with E-state index in [1.807, 2.05) is 13.8 Å². The molecule has 9 rings (SSSR count). The van der Waals surface area contributed by atoms with Crippen LogP contribution < -0.4 is 21.9 Å². The second-order valence-corrected chi connectivity index (χ2v) is 26.5. The van der Waals surface area contributed by atoms with Gasteiger partial charge in [-0.3, -0.25) is 38.5 Å². The van der Waals surface area contributed by atoms with E-state index in [1.54, 1.807) is 77.8 Å². The number of carbonyl (C=O) groups excluding carboxylic acids is 8. The van der Waals surface area contributed by atoms with Crippen molar-refractivity contribution in [2.75, 3.05) is 137 Å². The zero-order valence-electron chi connectivity index (χ0n) is 62.5. The Morgan fingerprint density at radius 2 is 1.32 bits per heavy atom. The van der Waals surface area contributed by atoms with E-state index in [9.17, 15) is 48.3 Å². The molecule has 1 aliphatic carbocycles. The number of pyridine rings is 2. The number of rotatable bonds is 49. The number of esters is 1. The average Bonchev–Trinajstić information content (AvgIpc) is 1.49. The van der Waals surface area contributed by atoms with Crippen molar-refractivity contribution in [1.82, 2.24) is 34.8 Å². The van der Waals surface area contributed by atoms with Gasteiger partial charge in [-0.15, -0.1) is 5.10 Å². The van der Waals surface area contributed by atoms with Crippen molar-refractivity contribution in [3.05, 3.63) is 111 Å². The molecule has 4 amide bonds. The maximum atomic E-state index is 13.9. The maximum absolute atomic E-state index is 13.9. The number of aromatic hydroxyl groups is 1. The van der Waals surface area contributed by atoms with Gasteiger partial charge >= 0.3 is 12.1 Å². The number of imide groups is 1. The van der Waals surface area contributed by atoms with Crippen LogP contribution in [0, 0.1) is 17.8 Å². The molecule has 0 saturated heterocycles. The summed E-state index contributed by atoms with van der Waals surface area (Å²) in [6.45, 7) is 16.2. The van der Waals surface area contributed by atoms with Gasteiger partial charge < -0.3 is 82.9 Å². The normalized spacial score (nSPS) is 16.7. The molecule has 5 N–H and O–H groups in total. The van der Waals surface area contributed by atoms with Crippen molar-refractivity contribution in [3.63, 3.8) is 0 Å². The fourth-order valence-electron chi connectivity index (χ4n) is 12.7. The lowest BCUT2D eigenvalue weighted by molar-refractivity contribution is -0.175. The second-order valence-electron chi connectivity index (χ2n) is 26.5. The molecule has 4 aliphatic rings. The number of amides is 4. The van der Waals surface area contributed by atoms with Gasteiger partial charge in [0.15, 0.2) is 11.6 Å². The molecule has 3 aromatic heterocycles. The van der Waals surface area contributed by atoms with Crippen LogP contribution in [0.5, 0.6) is 5.75 Å². The summed E-state index contributed by atoms with van der Waals surface area (Å²) >= 11 is 0. The Balaban J connectivity index is 0.000000276. The minimum absolute atomic E-state index is 0.00659. The van der Waals surface area contributed by atoms with Gasteiger partial charge in [0.05, 0.1) is 147 Å². The zero-order valence-corrected chi connectivity index (χ0v) is 62.5. The number of aromatic nitrogens is 5. The number of carbonyl (C=O) groups is 8. The molecule has 0 spiro atoms. The highest BCUT2D eigenvalue weighted by atomic mass is 16.7. The van der Waals surface area contributed by atoms with Crippen LogP contribution in [0.25, 0.3) is 22.3 Å². The lowest BCUT2D eigenvalue weighted by Crippen LogP contribution is -2.47. The number of benzene rings is 2. The summed E-state index contributed by atoms with van der Waals surface area (Å²) in [6, 6.07) is 13.5. The van der Waals surface area contributed by atoms with Gasteiger partial charge in [-0.05, 0) is 118 Å². The number of Topliss-reactive ketones (excluding diaryl/α,β-unsaturated/α-hetero) is 2. The third-order valence-electron chi connectivity index (χ3n) is 18.8. The van der Waals surface area contributed by atoms with Gasteiger partial charge in [0.1, 0.15) is 37.9 Å². The molecule has 108 heavy (non-hydrogen) atoms. The molecule has 1 unspecified atom stereocenters. The summed E-state index contributed by atoms with van der Waals surface area (Å²) in [5.41, 5.74) is 9.24. The smallest absolute Gasteiger partial charge is 0.508 e. The number of ketones is 2. The number of aryl methyl sites for hydroxylation is 1. The van der Waals surface area contributed by atoms with Gasteiger partial charge in [-0.1, -0.05) is 51.5 Å². The number of nitrogens with zero attached hydrogens (tertiary/aromatic N) is 6. The van der Waals surface area contributed by atoms with Gasteiger partial charge in [-0.25, -0.2) is 19.3 Å². The summed E-state index contributed by atoms with van der Waals surface area (Å²) in [7, 11) is 0. The van der Waals surface area contributed by atoms with E-state index in [4.69, 9.17) is 67.6 Å². The van der Waals surface area contributed by atoms with Gasteiger partial charge in [0.25, 0.3) is 17.4 Å². The number of hydrogen-bond acceptors (Lipinski definition) is 26. The summed E-state index contributed by atoms with van der Waals surface area (Å²) in [5.74, 6) is -1.35. The lowest BCUT2D eigenvalue weighted by atomic mass is 9.81. The largest absolute Gasteiger partial charge is 0.510 e. The third-order valence-corrected chi connectivity index (χ3v) is 18.8. The first-order valence-electron chi connectivity index (χ1n) is 37.4. The molecule has 1 saturated carbocycles. The van der Waals surface area contributed by atoms with Crippen molar-refractivity contribution in [2.24, 2.45) is 23.5 Å². The molecule has 2 aromatic carbocycles. The maximum Gasteiger partial charge on any atom is 0.510 e.